The Kier molecular flexibility index (Phi) is 6.25. The Labute approximate surface area is 162 Å². The third kappa shape index (κ3) is 5.10. The Hall–Kier alpha value is -3.81. The minimum Gasteiger partial charge on any atom is -0.462 e. The van der Waals surface area contributed by atoms with Gasteiger partial charge in [0.2, 0.25) is 0 Å². The molecule has 0 aliphatic heterocycles. The maximum atomic E-state index is 12.1. The lowest BCUT2D eigenvalue weighted by atomic mass is 10.2. The second-order valence-corrected chi connectivity index (χ2v) is 5.73. The van der Waals surface area contributed by atoms with Crippen molar-refractivity contribution in [2.24, 2.45) is 0 Å². The van der Waals surface area contributed by atoms with Gasteiger partial charge in [-0.2, -0.15) is 0 Å². The van der Waals surface area contributed by atoms with Crippen molar-refractivity contribution < 1.29 is 14.3 Å². The van der Waals surface area contributed by atoms with Gasteiger partial charge in [0.15, 0.2) is 11.5 Å². The van der Waals surface area contributed by atoms with E-state index in [0.717, 1.165) is 11.4 Å². The van der Waals surface area contributed by atoms with Gasteiger partial charge in [-0.3, -0.25) is 9.78 Å². The van der Waals surface area contributed by atoms with Crippen LogP contribution in [0, 0.1) is 0 Å². The summed E-state index contributed by atoms with van der Waals surface area (Å²) in [5, 5.41) is 13.7. The molecule has 2 heterocycles. The number of carbonyl (C=O) groups is 2. The van der Waals surface area contributed by atoms with Crippen molar-refractivity contribution in [2.75, 3.05) is 11.9 Å². The number of amides is 1. The molecule has 0 aliphatic rings. The number of rotatable bonds is 7. The van der Waals surface area contributed by atoms with Gasteiger partial charge >= 0.3 is 5.97 Å². The molecule has 3 rings (SSSR count). The average molecular weight is 377 g/mol. The number of nitrogens with one attached hydrogen (secondary N) is 2. The van der Waals surface area contributed by atoms with Crippen LogP contribution in [0.3, 0.4) is 0 Å². The fourth-order valence-corrected chi connectivity index (χ4v) is 2.34. The van der Waals surface area contributed by atoms with E-state index in [-0.39, 0.29) is 17.6 Å². The fraction of sp³-hybridized carbons (Fsp3) is 0.150. The van der Waals surface area contributed by atoms with Gasteiger partial charge in [-0.15, -0.1) is 10.2 Å². The summed E-state index contributed by atoms with van der Waals surface area (Å²) in [4.78, 5) is 27.9. The van der Waals surface area contributed by atoms with Crippen molar-refractivity contribution in [1.82, 2.24) is 20.5 Å². The summed E-state index contributed by atoms with van der Waals surface area (Å²) >= 11 is 0. The number of anilines is 2. The molecule has 0 fully saturated rings. The molecule has 0 unspecified atom stereocenters. The Morgan fingerprint density at radius 1 is 1.00 bits per heavy atom. The first-order valence-electron chi connectivity index (χ1n) is 8.72. The minimum absolute atomic E-state index is 0.208. The Bertz CT molecular complexity index is 928. The number of pyridine rings is 1. The van der Waals surface area contributed by atoms with Crippen LogP contribution in [0.5, 0.6) is 0 Å². The van der Waals surface area contributed by atoms with E-state index in [0.29, 0.717) is 24.5 Å². The number of ether oxygens (including phenoxy) is 1. The van der Waals surface area contributed by atoms with Gasteiger partial charge in [0.05, 0.1) is 24.4 Å². The maximum Gasteiger partial charge on any atom is 0.338 e. The highest BCUT2D eigenvalue weighted by molar-refractivity contribution is 5.92. The van der Waals surface area contributed by atoms with Gasteiger partial charge in [0, 0.05) is 11.9 Å². The Morgan fingerprint density at radius 3 is 2.46 bits per heavy atom. The minimum atomic E-state index is -0.366. The predicted octanol–water partition coefficient (Wildman–Crippen LogP) is 2.72. The van der Waals surface area contributed by atoms with Crippen LogP contribution in [0.25, 0.3) is 0 Å². The molecule has 1 aromatic carbocycles. The molecule has 0 radical (unpaired) electrons. The monoisotopic (exact) mass is 377 g/mol. The number of carbonyl (C=O) groups excluding carboxylic acids is 2. The molecule has 142 valence electrons. The van der Waals surface area contributed by atoms with Crippen LogP contribution in [0.15, 0.2) is 60.8 Å². The standard InChI is InChI=1S/C20H19N5O3/c1-2-28-20(27)14-6-8-15(9-7-14)23-18-11-10-17(24-25-18)19(26)22-13-16-5-3-4-12-21-16/h3-12H,2,13H2,1H3,(H,22,26)(H,23,25). The van der Waals surface area contributed by atoms with E-state index >= 15 is 0 Å². The molecule has 0 spiro atoms. The predicted molar refractivity (Wildman–Crippen MR) is 103 cm³/mol. The van der Waals surface area contributed by atoms with Crippen LogP contribution in [0.1, 0.15) is 33.5 Å². The lowest BCUT2D eigenvalue weighted by Crippen LogP contribution is -2.24. The topological polar surface area (TPSA) is 106 Å². The van der Waals surface area contributed by atoms with E-state index in [9.17, 15) is 9.59 Å². The molecule has 0 saturated heterocycles. The molecule has 1 amide bonds. The zero-order valence-electron chi connectivity index (χ0n) is 15.3. The summed E-state index contributed by atoms with van der Waals surface area (Å²) in [7, 11) is 0. The highest BCUT2D eigenvalue weighted by Gasteiger charge is 2.09. The molecule has 8 heteroatoms. The van der Waals surface area contributed by atoms with E-state index < -0.39 is 0 Å². The van der Waals surface area contributed by atoms with Gasteiger partial charge in [-0.1, -0.05) is 6.07 Å². The second-order valence-electron chi connectivity index (χ2n) is 5.73. The van der Waals surface area contributed by atoms with Crippen LogP contribution in [0.4, 0.5) is 11.5 Å². The third-order valence-corrected chi connectivity index (χ3v) is 3.72. The van der Waals surface area contributed by atoms with Crippen molar-refractivity contribution in [3.8, 4) is 0 Å². The first-order valence-corrected chi connectivity index (χ1v) is 8.72. The molecular formula is C20H19N5O3. The molecular weight excluding hydrogens is 358 g/mol. The van der Waals surface area contributed by atoms with Gasteiger partial charge in [0.25, 0.3) is 5.91 Å². The van der Waals surface area contributed by atoms with E-state index in [1.165, 1.54) is 0 Å². The molecule has 3 aromatic rings. The summed E-state index contributed by atoms with van der Waals surface area (Å²) in [5.41, 5.74) is 2.17. The lowest BCUT2D eigenvalue weighted by molar-refractivity contribution is 0.0526. The molecule has 0 saturated carbocycles. The zero-order chi connectivity index (χ0) is 19.8. The van der Waals surface area contributed by atoms with E-state index in [4.69, 9.17) is 4.74 Å². The first-order chi connectivity index (χ1) is 13.7. The summed E-state index contributed by atoms with van der Waals surface area (Å²) in [6, 6.07) is 15.5. The van der Waals surface area contributed by atoms with E-state index in [1.807, 2.05) is 18.2 Å². The summed E-state index contributed by atoms with van der Waals surface area (Å²) in [5.74, 6) is -0.219. The number of esters is 1. The highest BCUT2D eigenvalue weighted by atomic mass is 16.5. The summed E-state index contributed by atoms with van der Waals surface area (Å²) in [6.45, 7) is 2.40. The largest absolute Gasteiger partial charge is 0.462 e. The van der Waals surface area contributed by atoms with Gasteiger partial charge in [0.1, 0.15) is 0 Å². The Morgan fingerprint density at radius 2 is 1.82 bits per heavy atom. The van der Waals surface area contributed by atoms with Crippen LogP contribution < -0.4 is 10.6 Å². The molecule has 2 N–H and O–H groups in total. The summed E-state index contributed by atoms with van der Waals surface area (Å²) in [6.07, 6.45) is 1.67. The second kappa shape index (κ2) is 9.22. The highest BCUT2D eigenvalue weighted by Crippen LogP contribution is 2.15. The van der Waals surface area contributed by atoms with Crippen molar-refractivity contribution in [3.05, 3.63) is 77.7 Å². The third-order valence-electron chi connectivity index (χ3n) is 3.72. The fourth-order valence-electron chi connectivity index (χ4n) is 2.34. The summed E-state index contributed by atoms with van der Waals surface area (Å²) < 4.78 is 4.95. The number of hydrogen-bond donors (Lipinski definition) is 2. The van der Waals surface area contributed by atoms with E-state index in [2.05, 4.69) is 25.8 Å². The molecule has 0 aliphatic carbocycles. The first kappa shape index (κ1) is 19.0. The number of benzene rings is 1. The molecule has 8 nitrogen and oxygen atoms in total. The van der Waals surface area contributed by atoms with Gasteiger partial charge in [-0.05, 0) is 55.5 Å². The van der Waals surface area contributed by atoms with Crippen molar-refractivity contribution in [2.45, 2.75) is 13.5 Å². The Balaban J connectivity index is 1.56. The lowest BCUT2D eigenvalue weighted by Gasteiger charge is -2.07. The van der Waals surface area contributed by atoms with Gasteiger partial charge in [-0.25, -0.2) is 4.79 Å². The number of aromatic nitrogens is 3. The van der Waals surface area contributed by atoms with Crippen LogP contribution in [-0.2, 0) is 11.3 Å². The quantitative estimate of drug-likeness (QED) is 0.610. The molecule has 28 heavy (non-hydrogen) atoms. The molecule has 0 atom stereocenters. The average Bonchev–Trinajstić information content (AvgIpc) is 2.74. The maximum absolute atomic E-state index is 12.1. The smallest absolute Gasteiger partial charge is 0.338 e. The number of hydrogen-bond acceptors (Lipinski definition) is 7. The SMILES string of the molecule is CCOC(=O)c1ccc(Nc2ccc(C(=O)NCc3ccccn3)nn2)cc1. The van der Waals surface area contributed by atoms with E-state index in [1.54, 1.807) is 49.5 Å². The van der Waals surface area contributed by atoms with Gasteiger partial charge < -0.3 is 15.4 Å². The molecule has 0 bridgehead atoms. The van der Waals surface area contributed by atoms with Crippen LogP contribution in [-0.4, -0.2) is 33.7 Å². The van der Waals surface area contributed by atoms with Crippen molar-refractivity contribution >= 4 is 23.4 Å². The van der Waals surface area contributed by atoms with Crippen LogP contribution >= 0.6 is 0 Å². The normalized spacial score (nSPS) is 10.2. The van der Waals surface area contributed by atoms with Crippen molar-refractivity contribution in [1.29, 1.82) is 0 Å². The van der Waals surface area contributed by atoms with Crippen LogP contribution in [0.2, 0.25) is 0 Å². The molecule has 2 aromatic heterocycles. The van der Waals surface area contributed by atoms with Crippen molar-refractivity contribution in [3.63, 3.8) is 0 Å². The number of nitrogens with zero attached hydrogens (tertiary/aromatic N) is 3. The zero-order valence-corrected chi connectivity index (χ0v) is 15.3.